The summed E-state index contributed by atoms with van der Waals surface area (Å²) in [6.07, 6.45) is 0. The van der Waals surface area contributed by atoms with E-state index in [1.165, 1.54) is 11.1 Å². The lowest BCUT2D eigenvalue weighted by Gasteiger charge is -2.27. The Balaban J connectivity index is 2.10. The minimum atomic E-state index is -0.114. The molecule has 1 N–H and O–H groups in total. The lowest BCUT2D eigenvalue weighted by molar-refractivity contribution is 0.297. The van der Waals surface area contributed by atoms with Gasteiger partial charge in [0.15, 0.2) is 0 Å². The lowest BCUT2D eigenvalue weighted by Crippen LogP contribution is -2.36. The van der Waals surface area contributed by atoms with Crippen molar-refractivity contribution < 1.29 is 4.63 Å². The lowest BCUT2D eigenvalue weighted by atomic mass is 9.93. The van der Waals surface area contributed by atoms with Gasteiger partial charge in [-0.2, -0.15) is 0 Å². The average molecular weight is 245 g/mol. The molecule has 0 spiro atoms. The molecule has 0 saturated heterocycles. The van der Waals surface area contributed by atoms with Crippen molar-refractivity contribution in [2.75, 3.05) is 0 Å². The first-order chi connectivity index (χ1) is 8.49. The van der Waals surface area contributed by atoms with E-state index in [9.17, 15) is 0 Å². The molecule has 0 aliphatic heterocycles. The molecule has 1 aromatic carbocycles. The van der Waals surface area contributed by atoms with Crippen molar-refractivity contribution in [3.8, 4) is 0 Å². The summed E-state index contributed by atoms with van der Waals surface area (Å²) in [5, 5.41) is 11.1. The zero-order valence-electron chi connectivity index (χ0n) is 11.3. The maximum atomic E-state index is 4.70. The van der Waals surface area contributed by atoms with Crippen molar-refractivity contribution in [3.63, 3.8) is 0 Å². The van der Waals surface area contributed by atoms with Crippen LogP contribution in [-0.4, -0.2) is 10.3 Å². The molecule has 0 unspecified atom stereocenters. The molecule has 0 aliphatic carbocycles. The van der Waals surface area contributed by atoms with Gasteiger partial charge < -0.3 is 5.32 Å². The number of benzene rings is 1. The average Bonchev–Trinajstić information content (AvgIpc) is 2.72. The highest BCUT2D eigenvalue weighted by Gasteiger charge is 2.20. The molecule has 2 rings (SSSR count). The van der Waals surface area contributed by atoms with Crippen LogP contribution in [0.15, 0.2) is 28.9 Å². The van der Waals surface area contributed by atoms with E-state index in [0.717, 1.165) is 11.4 Å². The van der Waals surface area contributed by atoms with Crippen LogP contribution < -0.4 is 5.32 Å². The second-order valence-corrected chi connectivity index (χ2v) is 5.14. The van der Waals surface area contributed by atoms with Crippen LogP contribution in [-0.2, 0) is 12.1 Å². The van der Waals surface area contributed by atoms with Gasteiger partial charge in [0.2, 0.25) is 0 Å². The zero-order chi connectivity index (χ0) is 13.2. The summed E-state index contributed by atoms with van der Waals surface area (Å²) in [4.78, 5) is 0. The molecule has 0 aliphatic rings. The molecule has 0 amide bonds. The number of rotatable bonds is 4. The minimum absolute atomic E-state index is 0.114. The Bertz CT molecular complexity index is 531. The van der Waals surface area contributed by atoms with Crippen LogP contribution in [0, 0.1) is 13.8 Å². The van der Waals surface area contributed by atoms with Crippen LogP contribution in [0.4, 0.5) is 0 Å². The molecule has 0 bridgehead atoms. The van der Waals surface area contributed by atoms with E-state index in [1.807, 2.05) is 6.92 Å². The molecule has 18 heavy (non-hydrogen) atoms. The van der Waals surface area contributed by atoms with Crippen LogP contribution in [0.3, 0.4) is 0 Å². The standard InChI is InChI=1S/C14H19N3O/c1-10-6-5-7-12(8-10)14(3,4)15-9-13-11(2)16-18-17-13/h5-8,15H,9H2,1-4H3. The largest absolute Gasteiger partial charge is 0.302 e. The van der Waals surface area contributed by atoms with E-state index in [-0.39, 0.29) is 5.54 Å². The highest BCUT2D eigenvalue weighted by Crippen LogP contribution is 2.21. The first-order valence-corrected chi connectivity index (χ1v) is 6.09. The molecule has 0 saturated carbocycles. The Labute approximate surface area is 107 Å². The fraction of sp³-hybridized carbons (Fsp3) is 0.429. The van der Waals surface area contributed by atoms with Crippen molar-refractivity contribution in [1.29, 1.82) is 0 Å². The smallest absolute Gasteiger partial charge is 0.121 e. The SMILES string of the molecule is Cc1cccc(C(C)(C)NCc2nonc2C)c1. The summed E-state index contributed by atoms with van der Waals surface area (Å²) in [7, 11) is 0. The summed E-state index contributed by atoms with van der Waals surface area (Å²) in [5.41, 5.74) is 4.11. The second-order valence-electron chi connectivity index (χ2n) is 5.14. The first-order valence-electron chi connectivity index (χ1n) is 6.09. The topological polar surface area (TPSA) is 51.0 Å². The fourth-order valence-electron chi connectivity index (χ4n) is 1.85. The van der Waals surface area contributed by atoms with E-state index in [1.54, 1.807) is 0 Å². The minimum Gasteiger partial charge on any atom is -0.302 e. The Morgan fingerprint density at radius 2 is 2.00 bits per heavy atom. The molecular formula is C14H19N3O. The van der Waals surface area contributed by atoms with E-state index in [4.69, 9.17) is 4.63 Å². The van der Waals surface area contributed by atoms with Crippen molar-refractivity contribution in [1.82, 2.24) is 15.6 Å². The highest BCUT2D eigenvalue weighted by atomic mass is 16.6. The zero-order valence-corrected chi connectivity index (χ0v) is 11.3. The molecule has 4 heteroatoms. The van der Waals surface area contributed by atoms with Gasteiger partial charge in [-0.05, 0) is 33.3 Å². The Hall–Kier alpha value is -1.68. The molecule has 2 aromatic rings. The van der Waals surface area contributed by atoms with Gasteiger partial charge in [0, 0.05) is 12.1 Å². The van der Waals surface area contributed by atoms with E-state index in [0.29, 0.717) is 6.54 Å². The van der Waals surface area contributed by atoms with Gasteiger partial charge in [0.05, 0.1) is 0 Å². The second kappa shape index (κ2) is 4.90. The number of nitrogens with zero attached hydrogens (tertiary/aromatic N) is 2. The van der Waals surface area contributed by atoms with Crippen LogP contribution in [0.5, 0.6) is 0 Å². The maximum absolute atomic E-state index is 4.70. The van der Waals surface area contributed by atoms with Crippen LogP contribution in [0.2, 0.25) is 0 Å². The van der Waals surface area contributed by atoms with Gasteiger partial charge in [-0.25, -0.2) is 4.63 Å². The molecule has 0 atom stereocenters. The molecule has 96 valence electrons. The predicted octanol–water partition coefficient (Wildman–Crippen LogP) is 2.71. The number of hydrogen-bond donors (Lipinski definition) is 1. The van der Waals surface area contributed by atoms with Crippen LogP contribution in [0.1, 0.15) is 36.4 Å². The summed E-state index contributed by atoms with van der Waals surface area (Å²) in [5.74, 6) is 0. The highest BCUT2D eigenvalue weighted by molar-refractivity contribution is 5.28. The molecule has 0 radical (unpaired) electrons. The number of aromatic nitrogens is 2. The normalized spacial score (nSPS) is 11.8. The number of nitrogens with one attached hydrogen (secondary N) is 1. The Kier molecular flexibility index (Phi) is 3.48. The summed E-state index contributed by atoms with van der Waals surface area (Å²) in [6.45, 7) is 8.96. The Morgan fingerprint density at radius 3 is 2.61 bits per heavy atom. The Morgan fingerprint density at radius 1 is 1.22 bits per heavy atom. The van der Waals surface area contributed by atoms with E-state index >= 15 is 0 Å². The third kappa shape index (κ3) is 2.76. The summed E-state index contributed by atoms with van der Waals surface area (Å²) in [6, 6.07) is 8.51. The van der Waals surface area contributed by atoms with Gasteiger partial charge >= 0.3 is 0 Å². The van der Waals surface area contributed by atoms with Crippen LogP contribution in [0.25, 0.3) is 0 Å². The number of hydrogen-bond acceptors (Lipinski definition) is 4. The third-order valence-corrected chi connectivity index (χ3v) is 3.18. The van der Waals surface area contributed by atoms with Gasteiger partial charge in [-0.1, -0.05) is 40.1 Å². The van der Waals surface area contributed by atoms with Gasteiger partial charge in [-0.15, -0.1) is 0 Å². The quantitative estimate of drug-likeness (QED) is 0.899. The fourth-order valence-corrected chi connectivity index (χ4v) is 1.85. The van der Waals surface area contributed by atoms with Gasteiger partial charge in [0.1, 0.15) is 11.4 Å². The third-order valence-electron chi connectivity index (χ3n) is 3.18. The molecular weight excluding hydrogens is 226 g/mol. The molecule has 4 nitrogen and oxygen atoms in total. The van der Waals surface area contributed by atoms with Crippen LogP contribution >= 0.6 is 0 Å². The van der Waals surface area contributed by atoms with E-state index in [2.05, 4.69) is 60.7 Å². The molecule has 1 aromatic heterocycles. The maximum Gasteiger partial charge on any atom is 0.121 e. The van der Waals surface area contributed by atoms with Crippen molar-refractivity contribution in [2.45, 2.75) is 39.8 Å². The van der Waals surface area contributed by atoms with Crippen molar-refractivity contribution >= 4 is 0 Å². The van der Waals surface area contributed by atoms with Crippen molar-refractivity contribution in [3.05, 3.63) is 46.8 Å². The summed E-state index contributed by atoms with van der Waals surface area (Å²) < 4.78 is 4.70. The monoisotopic (exact) mass is 245 g/mol. The van der Waals surface area contributed by atoms with Gasteiger partial charge in [0.25, 0.3) is 0 Å². The van der Waals surface area contributed by atoms with Gasteiger partial charge in [-0.3, -0.25) is 0 Å². The number of aryl methyl sites for hydroxylation is 2. The first kappa shape index (κ1) is 12.8. The molecule has 0 fully saturated rings. The van der Waals surface area contributed by atoms with Crippen molar-refractivity contribution in [2.24, 2.45) is 0 Å². The summed E-state index contributed by atoms with van der Waals surface area (Å²) >= 11 is 0. The predicted molar refractivity (Wildman–Crippen MR) is 70.1 cm³/mol. The van der Waals surface area contributed by atoms with E-state index < -0.39 is 0 Å². The molecule has 1 heterocycles.